The zero-order valence-electron chi connectivity index (χ0n) is 24.4. The summed E-state index contributed by atoms with van der Waals surface area (Å²) in [6, 6.07) is 11.8. The molecule has 0 aliphatic heterocycles. The molecule has 2 rings (SSSR count). The van der Waals surface area contributed by atoms with Gasteiger partial charge in [0.25, 0.3) is 0 Å². The summed E-state index contributed by atoms with van der Waals surface area (Å²) in [5.74, 6) is -0.541. The lowest BCUT2D eigenvalue weighted by molar-refractivity contribution is -0.145. The van der Waals surface area contributed by atoms with Crippen LogP contribution in [0.3, 0.4) is 0 Å². The average molecular weight is 540 g/mol. The fourth-order valence-electron chi connectivity index (χ4n) is 4.29. The highest BCUT2D eigenvalue weighted by atomic mass is 16.6. The number of phenols is 1. The van der Waals surface area contributed by atoms with Gasteiger partial charge in [0.15, 0.2) is 0 Å². The predicted octanol–water partition coefficient (Wildman–Crippen LogP) is 5.42. The van der Waals surface area contributed by atoms with Crippen LogP contribution in [0.15, 0.2) is 48.5 Å². The molecule has 3 amide bonds. The molecule has 3 N–H and O–H groups in total. The number of amides is 3. The van der Waals surface area contributed by atoms with E-state index in [-0.39, 0.29) is 30.0 Å². The Kier molecular flexibility index (Phi) is 11.8. The zero-order chi connectivity index (χ0) is 29.2. The molecule has 8 heteroatoms. The number of rotatable bonds is 12. The Bertz CT molecular complexity index is 1090. The Balaban J connectivity index is 2.57. The van der Waals surface area contributed by atoms with Crippen molar-refractivity contribution in [3.63, 3.8) is 0 Å². The number of nitrogens with zero attached hydrogens (tertiary/aromatic N) is 1. The number of nitrogens with one attached hydrogen (secondary N) is 2. The number of hydrogen-bond acceptors (Lipinski definition) is 5. The smallest absolute Gasteiger partial charge is 0.408 e. The summed E-state index contributed by atoms with van der Waals surface area (Å²) in [7, 11) is 0. The number of unbranched alkanes of at least 4 members (excludes halogenated alkanes) is 1. The van der Waals surface area contributed by atoms with Gasteiger partial charge >= 0.3 is 6.09 Å². The number of ether oxygens (including phenoxy) is 1. The summed E-state index contributed by atoms with van der Waals surface area (Å²) < 4.78 is 5.48. The minimum Gasteiger partial charge on any atom is -0.508 e. The number of aromatic hydroxyl groups is 1. The van der Waals surface area contributed by atoms with Gasteiger partial charge in [-0.15, -0.1) is 0 Å². The fraction of sp³-hybridized carbons (Fsp3) is 0.516. The normalized spacial score (nSPS) is 13.6. The summed E-state index contributed by atoms with van der Waals surface area (Å²) in [6.45, 7) is 13.6. The molecular formula is C31H45N3O5. The van der Waals surface area contributed by atoms with Crippen molar-refractivity contribution in [2.24, 2.45) is 0 Å². The van der Waals surface area contributed by atoms with Crippen LogP contribution in [0.25, 0.3) is 0 Å². The Morgan fingerprint density at radius 1 is 1.03 bits per heavy atom. The van der Waals surface area contributed by atoms with E-state index in [4.69, 9.17) is 4.74 Å². The van der Waals surface area contributed by atoms with Crippen LogP contribution in [0, 0.1) is 6.92 Å². The maximum absolute atomic E-state index is 14.4. The second kappa shape index (κ2) is 14.6. The molecule has 0 bridgehead atoms. The van der Waals surface area contributed by atoms with Crippen LogP contribution in [0.1, 0.15) is 83.5 Å². The van der Waals surface area contributed by atoms with Gasteiger partial charge in [0, 0.05) is 19.0 Å². The van der Waals surface area contributed by atoms with Gasteiger partial charge in [0.2, 0.25) is 11.8 Å². The number of benzene rings is 2. The van der Waals surface area contributed by atoms with E-state index >= 15 is 0 Å². The highest BCUT2D eigenvalue weighted by molar-refractivity contribution is 5.92. The predicted molar refractivity (Wildman–Crippen MR) is 153 cm³/mol. The molecule has 2 aromatic rings. The highest BCUT2D eigenvalue weighted by Crippen LogP contribution is 2.29. The van der Waals surface area contributed by atoms with Gasteiger partial charge in [0.1, 0.15) is 23.4 Å². The maximum Gasteiger partial charge on any atom is 0.408 e. The molecule has 8 nitrogen and oxygen atoms in total. The van der Waals surface area contributed by atoms with Crippen molar-refractivity contribution in [1.29, 1.82) is 0 Å². The maximum atomic E-state index is 14.4. The Morgan fingerprint density at radius 2 is 1.67 bits per heavy atom. The summed E-state index contributed by atoms with van der Waals surface area (Å²) in [5.41, 5.74) is 1.62. The van der Waals surface area contributed by atoms with E-state index in [9.17, 15) is 19.5 Å². The second-order valence-corrected chi connectivity index (χ2v) is 11.0. The van der Waals surface area contributed by atoms with E-state index in [0.717, 1.165) is 29.5 Å². The SMILES string of the molecule is CCCCNC(=O)C(c1ccccc1C)N(C(=O)C(Cc1ccc(O)cc1)NC(=O)OC(C)(C)C)C(C)CC. The summed E-state index contributed by atoms with van der Waals surface area (Å²) in [5, 5.41) is 15.5. The van der Waals surface area contributed by atoms with Crippen LogP contribution in [0.5, 0.6) is 5.75 Å². The Hall–Kier alpha value is -3.55. The molecule has 214 valence electrons. The van der Waals surface area contributed by atoms with E-state index in [2.05, 4.69) is 17.6 Å². The monoisotopic (exact) mass is 539 g/mol. The number of alkyl carbamates (subject to hydrolysis) is 1. The van der Waals surface area contributed by atoms with E-state index in [1.807, 2.05) is 45.0 Å². The summed E-state index contributed by atoms with van der Waals surface area (Å²) >= 11 is 0. The molecule has 0 heterocycles. The van der Waals surface area contributed by atoms with Gasteiger partial charge in [-0.1, -0.05) is 56.7 Å². The van der Waals surface area contributed by atoms with Crippen molar-refractivity contribution in [2.45, 2.75) is 97.9 Å². The van der Waals surface area contributed by atoms with E-state index < -0.39 is 23.8 Å². The first kappa shape index (κ1) is 31.7. The Morgan fingerprint density at radius 3 is 2.23 bits per heavy atom. The topological polar surface area (TPSA) is 108 Å². The lowest BCUT2D eigenvalue weighted by atomic mass is 9.95. The van der Waals surface area contributed by atoms with Gasteiger partial charge in [0.05, 0.1) is 0 Å². The van der Waals surface area contributed by atoms with Crippen molar-refractivity contribution >= 4 is 17.9 Å². The van der Waals surface area contributed by atoms with Crippen molar-refractivity contribution in [2.75, 3.05) is 6.54 Å². The van der Waals surface area contributed by atoms with E-state index in [1.54, 1.807) is 37.8 Å². The first-order chi connectivity index (χ1) is 18.4. The quantitative estimate of drug-likeness (QED) is 0.312. The third-order valence-electron chi connectivity index (χ3n) is 6.52. The molecule has 0 radical (unpaired) electrons. The lowest BCUT2D eigenvalue weighted by Crippen LogP contribution is -2.56. The van der Waals surface area contributed by atoms with Crippen LogP contribution >= 0.6 is 0 Å². The molecule has 3 unspecified atom stereocenters. The molecule has 0 aliphatic rings. The molecular weight excluding hydrogens is 494 g/mol. The number of aryl methyl sites for hydroxylation is 1. The van der Waals surface area contributed by atoms with Crippen LogP contribution < -0.4 is 10.6 Å². The van der Waals surface area contributed by atoms with E-state index in [1.165, 1.54) is 12.1 Å². The largest absolute Gasteiger partial charge is 0.508 e. The van der Waals surface area contributed by atoms with Crippen LogP contribution in [-0.4, -0.2) is 52.1 Å². The van der Waals surface area contributed by atoms with Crippen molar-refractivity contribution < 1.29 is 24.2 Å². The standard InChI is InChI=1S/C31H45N3O5/c1-8-10-19-32-28(36)27(25-14-12-11-13-21(25)3)34(22(4)9-2)29(37)26(33-30(38)39-31(5,6)7)20-23-15-17-24(35)18-16-23/h11-18,22,26-27,35H,8-10,19-20H2,1-7H3,(H,32,36)(H,33,38). The van der Waals surface area contributed by atoms with Crippen molar-refractivity contribution in [1.82, 2.24) is 15.5 Å². The molecule has 0 aromatic heterocycles. The second-order valence-electron chi connectivity index (χ2n) is 11.0. The van der Waals surface area contributed by atoms with Gasteiger partial charge in [-0.25, -0.2) is 4.79 Å². The highest BCUT2D eigenvalue weighted by Gasteiger charge is 2.39. The zero-order valence-corrected chi connectivity index (χ0v) is 24.4. The molecule has 2 aromatic carbocycles. The number of carbonyl (C=O) groups is 3. The van der Waals surface area contributed by atoms with Crippen molar-refractivity contribution in [3.8, 4) is 5.75 Å². The lowest BCUT2D eigenvalue weighted by Gasteiger charge is -2.38. The van der Waals surface area contributed by atoms with Crippen LogP contribution in [0.4, 0.5) is 4.79 Å². The molecule has 0 aliphatic carbocycles. The first-order valence-electron chi connectivity index (χ1n) is 13.8. The molecule has 0 saturated heterocycles. The summed E-state index contributed by atoms with van der Waals surface area (Å²) in [6.07, 6.45) is 1.80. The minimum atomic E-state index is -1.01. The van der Waals surface area contributed by atoms with E-state index in [0.29, 0.717) is 13.0 Å². The first-order valence-corrected chi connectivity index (χ1v) is 13.8. The van der Waals surface area contributed by atoms with Crippen LogP contribution in [0.2, 0.25) is 0 Å². The fourth-order valence-corrected chi connectivity index (χ4v) is 4.29. The van der Waals surface area contributed by atoms with Crippen molar-refractivity contribution in [3.05, 3.63) is 65.2 Å². The third kappa shape index (κ3) is 9.61. The van der Waals surface area contributed by atoms with Gasteiger partial charge in [-0.05, 0) is 76.3 Å². The molecule has 0 spiro atoms. The molecule has 0 saturated carbocycles. The number of phenolic OH excluding ortho intramolecular Hbond substituents is 1. The minimum absolute atomic E-state index is 0.103. The number of carbonyl (C=O) groups excluding carboxylic acids is 3. The van der Waals surface area contributed by atoms with Gasteiger partial charge < -0.3 is 25.4 Å². The molecule has 3 atom stereocenters. The molecule has 39 heavy (non-hydrogen) atoms. The third-order valence-corrected chi connectivity index (χ3v) is 6.52. The van der Waals surface area contributed by atoms with Gasteiger partial charge in [-0.3, -0.25) is 9.59 Å². The number of hydrogen-bond donors (Lipinski definition) is 3. The Labute approximate surface area is 233 Å². The summed E-state index contributed by atoms with van der Waals surface area (Å²) in [4.78, 5) is 42.6. The average Bonchev–Trinajstić information content (AvgIpc) is 2.87. The van der Waals surface area contributed by atoms with Gasteiger partial charge in [-0.2, -0.15) is 0 Å². The molecule has 0 fully saturated rings. The van der Waals surface area contributed by atoms with Crippen LogP contribution in [-0.2, 0) is 20.7 Å².